The molecule has 1 aromatic heterocycles. The summed E-state index contributed by atoms with van der Waals surface area (Å²) >= 11 is 0. The molecular formula is C16H18F3N3O. The van der Waals surface area contributed by atoms with Gasteiger partial charge in [-0.2, -0.15) is 13.2 Å². The summed E-state index contributed by atoms with van der Waals surface area (Å²) in [6.45, 7) is 5.23. The van der Waals surface area contributed by atoms with Gasteiger partial charge in [-0.25, -0.2) is 0 Å². The Hall–Kier alpha value is -2.02. The number of pyridine rings is 1. The van der Waals surface area contributed by atoms with E-state index in [4.69, 9.17) is 5.73 Å². The molecule has 124 valence electrons. The van der Waals surface area contributed by atoms with Crippen molar-refractivity contribution in [2.45, 2.75) is 31.7 Å². The van der Waals surface area contributed by atoms with Gasteiger partial charge in [-0.1, -0.05) is 18.7 Å². The minimum absolute atomic E-state index is 0.00622. The quantitative estimate of drug-likeness (QED) is 0.847. The highest BCUT2D eigenvalue weighted by atomic mass is 19.4. The Morgan fingerprint density at radius 1 is 1.26 bits per heavy atom. The molecule has 0 spiro atoms. The average molecular weight is 325 g/mol. The van der Waals surface area contributed by atoms with E-state index in [1.807, 2.05) is 17.1 Å². The number of rotatable bonds is 2. The van der Waals surface area contributed by atoms with Gasteiger partial charge in [-0.05, 0) is 12.5 Å². The SMILES string of the molecule is C=C([C@H]1C=C[C@@H](N)C1)N1CCn2c(cc(C(F)(F)F)cc2=O)C1. The molecule has 0 saturated carbocycles. The van der Waals surface area contributed by atoms with Gasteiger partial charge >= 0.3 is 6.18 Å². The zero-order valence-electron chi connectivity index (χ0n) is 12.5. The summed E-state index contributed by atoms with van der Waals surface area (Å²) in [4.78, 5) is 13.8. The number of nitrogens with zero attached hydrogens (tertiary/aromatic N) is 2. The molecule has 2 heterocycles. The first kappa shape index (κ1) is 15.9. The largest absolute Gasteiger partial charge is 0.416 e. The topological polar surface area (TPSA) is 51.3 Å². The van der Waals surface area contributed by atoms with E-state index in [-0.39, 0.29) is 18.5 Å². The molecule has 2 N–H and O–H groups in total. The van der Waals surface area contributed by atoms with E-state index >= 15 is 0 Å². The number of aromatic nitrogens is 1. The van der Waals surface area contributed by atoms with Crippen molar-refractivity contribution in [3.63, 3.8) is 0 Å². The fourth-order valence-corrected chi connectivity index (χ4v) is 3.15. The van der Waals surface area contributed by atoms with Crippen LogP contribution in [0.2, 0.25) is 0 Å². The van der Waals surface area contributed by atoms with Crippen LogP contribution in [0.1, 0.15) is 17.7 Å². The molecule has 3 rings (SSSR count). The number of hydrogen-bond acceptors (Lipinski definition) is 3. The van der Waals surface area contributed by atoms with E-state index in [0.717, 1.165) is 18.2 Å². The number of allylic oxidation sites excluding steroid dienone is 1. The Morgan fingerprint density at radius 3 is 2.61 bits per heavy atom. The number of fused-ring (bicyclic) bond motifs is 1. The second-order valence-electron chi connectivity index (χ2n) is 6.03. The number of hydrogen-bond donors (Lipinski definition) is 1. The number of halogens is 3. The van der Waals surface area contributed by atoms with Gasteiger partial charge in [0.2, 0.25) is 0 Å². The van der Waals surface area contributed by atoms with Crippen molar-refractivity contribution in [1.82, 2.24) is 9.47 Å². The standard InChI is InChI=1S/C16H18F3N3O/c1-10(11-2-3-13(20)6-11)21-4-5-22-14(9-21)7-12(8-15(22)23)16(17,18)19/h2-3,7-8,11,13H,1,4-6,9,20H2/t11-,13+/m0/s1. The maximum absolute atomic E-state index is 12.9. The fourth-order valence-electron chi connectivity index (χ4n) is 3.15. The molecule has 0 saturated heterocycles. The summed E-state index contributed by atoms with van der Waals surface area (Å²) in [6, 6.07) is 1.71. The van der Waals surface area contributed by atoms with Crippen molar-refractivity contribution in [1.29, 1.82) is 0 Å². The van der Waals surface area contributed by atoms with Crippen molar-refractivity contribution in [2.75, 3.05) is 6.54 Å². The second-order valence-corrected chi connectivity index (χ2v) is 6.03. The molecule has 0 aromatic carbocycles. The molecule has 4 nitrogen and oxygen atoms in total. The Balaban J connectivity index is 1.85. The van der Waals surface area contributed by atoms with Crippen LogP contribution >= 0.6 is 0 Å². The van der Waals surface area contributed by atoms with Gasteiger partial charge < -0.3 is 15.2 Å². The zero-order chi connectivity index (χ0) is 16.8. The Labute approximate surface area is 131 Å². The Morgan fingerprint density at radius 2 is 2.00 bits per heavy atom. The second kappa shape index (κ2) is 5.56. The van der Waals surface area contributed by atoms with E-state index in [1.54, 1.807) is 0 Å². The van der Waals surface area contributed by atoms with Crippen LogP contribution in [0, 0.1) is 5.92 Å². The van der Waals surface area contributed by atoms with Gasteiger partial charge in [0.15, 0.2) is 0 Å². The molecule has 0 bridgehead atoms. The predicted molar refractivity (Wildman–Crippen MR) is 80.5 cm³/mol. The van der Waals surface area contributed by atoms with Crippen LogP contribution in [0.25, 0.3) is 0 Å². The van der Waals surface area contributed by atoms with Crippen LogP contribution in [0.3, 0.4) is 0 Å². The van der Waals surface area contributed by atoms with E-state index in [9.17, 15) is 18.0 Å². The van der Waals surface area contributed by atoms with Crippen LogP contribution in [-0.4, -0.2) is 22.1 Å². The zero-order valence-corrected chi connectivity index (χ0v) is 12.5. The first-order valence-corrected chi connectivity index (χ1v) is 7.44. The van der Waals surface area contributed by atoms with Crippen molar-refractivity contribution < 1.29 is 13.2 Å². The monoisotopic (exact) mass is 325 g/mol. The first-order chi connectivity index (χ1) is 10.8. The lowest BCUT2D eigenvalue weighted by Crippen LogP contribution is -2.40. The highest BCUT2D eigenvalue weighted by Gasteiger charge is 2.33. The molecule has 0 unspecified atom stereocenters. The molecule has 1 aliphatic carbocycles. The minimum atomic E-state index is -4.52. The van der Waals surface area contributed by atoms with Crippen LogP contribution in [0.4, 0.5) is 13.2 Å². The van der Waals surface area contributed by atoms with E-state index in [0.29, 0.717) is 24.8 Å². The number of alkyl halides is 3. The fraction of sp³-hybridized carbons (Fsp3) is 0.438. The van der Waals surface area contributed by atoms with Gasteiger partial charge in [-0.3, -0.25) is 4.79 Å². The summed E-state index contributed by atoms with van der Waals surface area (Å²) < 4.78 is 40.0. The van der Waals surface area contributed by atoms with Crippen LogP contribution in [-0.2, 0) is 19.3 Å². The summed E-state index contributed by atoms with van der Waals surface area (Å²) in [5.41, 5.74) is 5.53. The Kier molecular flexibility index (Phi) is 3.83. The lowest BCUT2D eigenvalue weighted by Gasteiger charge is -2.35. The van der Waals surface area contributed by atoms with Crippen LogP contribution < -0.4 is 11.3 Å². The Bertz CT molecular complexity index is 720. The molecule has 0 amide bonds. The third-order valence-corrected chi connectivity index (χ3v) is 4.44. The maximum atomic E-state index is 12.9. The molecule has 1 aromatic rings. The normalized spacial score (nSPS) is 23.9. The van der Waals surface area contributed by atoms with E-state index in [1.165, 1.54) is 4.57 Å². The third kappa shape index (κ3) is 3.06. The lowest BCUT2D eigenvalue weighted by molar-refractivity contribution is -0.137. The summed E-state index contributed by atoms with van der Waals surface area (Å²) in [6.07, 6.45) is 0.139. The molecule has 7 heteroatoms. The van der Waals surface area contributed by atoms with Gasteiger partial charge in [0.25, 0.3) is 5.56 Å². The van der Waals surface area contributed by atoms with Crippen molar-refractivity contribution in [3.05, 3.63) is 58.2 Å². The van der Waals surface area contributed by atoms with E-state index in [2.05, 4.69) is 6.58 Å². The van der Waals surface area contributed by atoms with Gasteiger partial charge in [-0.15, -0.1) is 0 Å². The summed E-state index contributed by atoms with van der Waals surface area (Å²) in [5, 5.41) is 0. The smallest absolute Gasteiger partial charge is 0.367 e. The molecule has 0 radical (unpaired) electrons. The van der Waals surface area contributed by atoms with Crippen LogP contribution in [0.5, 0.6) is 0 Å². The average Bonchev–Trinajstić information content (AvgIpc) is 2.91. The molecule has 23 heavy (non-hydrogen) atoms. The minimum Gasteiger partial charge on any atom is -0.367 e. The van der Waals surface area contributed by atoms with E-state index < -0.39 is 17.3 Å². The molecular weight excluding hydrogens is 307 g/mol. The van der Waals surface area contributed by atoms with Gasteiger partial charge in [0.1, 0.15) is 0 Å². The van der Waals surface area contributed by atoms with Crippen molar-refractivity contribution in [2.24, 2.45) is 11.7 Å². The number of nitrogens with two attached hydrogens (primary N) is 1. The lowest BCUT2D eigenvalue weighted by atomic mass is 10.0. The highest BCUT2D eigenvalue weighted by molar-refractivity contribution is 5.24. The molecule has 2 atom stereocenters. The molecule has 2 aliphatic rings. The van der Waals surface area contributed by atoms with Crippen LogP contribution in [0.15, 0.2) is 41.4 Å². The summed E-state index contributed by atoms with van der Waals surface area (Å²) in [7, 11) is 0. The van der Waals surface area contributed by atoms with Crippen molar-refractivity contribution in [3.8, 4) is 0 Å². The van der Waals surface area contributed by atoms with Gasteiger partial charge in [0.05, 0.1) is 12.1 Å². The highest BCUT2D eigenvalue weighted by Crippen LogP contribution is 2.31. The van der Waals surface area contributed by atoms with Gasteiger partial charge in [0, 0.05) is 42.5 Å². The van der Waals surface area contributed by atoms with Crippen molar-refractivity contribution >= 4 is 0 Å². The predicted octanol–water partition coefficient (Wildman–Crippen LogP) is 2.10. The molecule has 1 aliphatic heterocycles. The molecule has 0 fully saturated rings. The maximum Gasteiger partial charge on any atom is 0.416 e. The summed E-state index contributed by atoms with van der Waals surface area (Å²) in [5.74, 6) is 0.106. The third-order valence-electron chi connectivity index (χ3n) is 4.44. The first-order valence-electron chi connectivity index (χ1n) is 7.44.